The fraction of sp³-hybridized carbons (Fsp3) is 0.318. The van der Waals surface area contributed by atoms with Gasteiger partial charge in [0, 0.05) is 23.5 Å². The molecule has 4 rings (SSSR count). The third kappa shape index (κ3) is 4.29. The zero-order chi connectivity index (χ0) is 21.3. The molecule has 158 valence electrons. The molecule has 1 amide bonds. The Morgan fingerprint density at radius 1 is 1.17 bits per heavy atom. The molecule has 1 aliphatic rings. The Morgan fingerprint density at radius 3 is 2.60 bits per heavy atom. The molecule has 1 saturated heterocycles. The Hall–Kier alpha value is -1.83. The van der Waals surface area contributed by atoms with Crippen molar-refractivity contribution in [2.45, 2.75) is 19.9 Å². The zero-order valence-electron chi connectivity index (χ0n) is 16.7. The molecule has 8 heteroatoms. The van der Waals surface area contributed by atoms with E-state index in [1.54, 1.807) is 23.5 Å². The van der Waals surface area contributed by atoms with Crippen LogP contribution < -0.4 is 5.32 Å². The Kier molecular flexibility index (Phi) is 6.51. The number of furan rings is 1. The van der Waals surface area contributed by atoms with Gasteiger partial charge in [0.2, 0.25) is 0 Å². The second kappa shape index (κ2) is 9.12. The van der Waals surface area contributed by atoms with Gasteiger partial charge in [0.15, 0.2) is 5.76 Å². The Labute approximate surface area is 189 Å². The number of hydrogen-bond acceptors (Lipinski definition) is 5. The van der Waals surface area contributed by atoms with Crippen LogP contribution in [-0.2, 0) is 4.74 Å². The minimum absolute atomic E-state index is 0.0829. The molecule has 0 radical (unpaired) electrons. The van der Waals surface area contributed by atoms with Crippen LogP contribution in [-0.4, -0.2) is 37.1 Å². The van der Waals surface area contributed by atoms with Crippen LogP contribution in [0.2, 0.25) is 10.0 Å². The molecule has 2 aromatic heterocycles. The summed E-state index contributed by atoms with van der Waals surface area (Å²) in [6.45, 7) is 7.05. The minimum atomic E-state index is -0.266. The summed E-state index contributed by atoms with van der Waals surface area (Å²) >= 11 is 14.1. The molecule has 0 saturated carbocycles. The average Bonchev–Trinajstić information content (AvgIpc) is 3.37. The van der Waals surface area contributed by atoms with Crippen molar-refractivity contribution < 1.29 is 13.9 Å². The monoisotopic (exact) mass is 464 g/mol. The largest absolute Gasteiger partial charge is 0.459 e. The van der Waals surface area contributed by atoms with Crippen LogP contribution in [0.3, 0.4) is 0 Å². The first kappa shape index (κ1) is 21.4. The number of halogens is 2. The SMILES string of the molecule is Cc1sc(NC(=O)c2ccco2)c([C@@H](c2ccc(Cl)c(Cl)c2)N2CCOCC2)c1C. The van der Waals surface area contributed by atoms with E-state index in [-0.39, 0.29) is 17.7 Å². The number of morpholine rings is 1. The van der Waals surface area contributed by atoms with Gasteiger partial charge >= 0.3 is 0 Å². The van der Waals surface area contributed by atoms with Crippen molar-refractivity contribution in [1.29, 1.82) is 0 Å². The summed E-state index contributed by atoms with van der Waals surface area (Å²) in [6.07, 6.45) is 1.49. The average molecular weight is 465 g/mol. The first-order chi connectivity index (χ1) is 14.5. The summed E-state index contributed by atoms with van der Waals surface area (Å²) in [7, 11) is 0. The number of nitrogens with one attached hydrogen (secondary N) is 1. The molecule has 30 heavy (non-hydrogen) atoms. The molecule has 3 heterocycles. The smallest absolute Gasteiger partial charge is 0.291 e. The van der Waals surface area contributed by atoms with Crippen molar-refractivity contribution in [2.24, 2.45) is 0 Å². The number of benzene rings is 1. The maximum atomic E-state index is 12.7. The molecule has 1 aliphatic heterocycles. The fourth-order valence-electron chi connectivity index (χ4n) is 3.72. The van der Waals surface area contributed by atoms with Gasteiger partial charge in [-0.1, -0.05) is 29.3 Å². The number of carbonyl (C=O) groups is 1. The number of carbonyl (C=O) groups excluding carboxylic acids is 1. The fourth-order valence-corrected chi connectivity index (χ4v) is 5.11. The number of anilines is 1. The maximum absolute atomic E-state index is 12.7. The van der Waals surface area contributed by atoms with Crippen molar-refractivity contribution in [3.63, 3.8) is 0 Å². The van der Waals surface area contributed by atoms with E-state index >= 15 is 0 Å². The molecular formula is C22H22Cl2N2O3S. The number of aryl methyl sites for hydroxylation is 1. The van der Waals surface area contributed by atoms with Crippen LogP contribution in [0.15, 0.2) is 41.0 Å². The van der Waals surface area contributed by atoms with E-state index in [1.807, 2.05) is 18.2 Å². The summed E-state index contributed by atoms with van der Waals surface area (Å²) in [5, 5.41) is 4.90. The number of nitrogens with zero attached hydrogens (tertiary/aromatic N) is 1. The van der Waals surface area contributed by atoms with Crippen molar-refractivity contribution in [3.8, 4) is 0 Å². The van der Waals surface area contributed by atoms with Crippen LogP contribution in [0.1, 0.15) is 38.2 Å². The summed E-state index contributed by atoms with van der Waals surface area (Å²) in [5.74, 6) is 0.0134. The molecule has 0 spiro atoms. The quantitative estimate of drug-likeness (QED) is 0.507. The second-order valence-electron chi connectivity index (χ2n) is 7.18. The number of thiophene rings is 1. The summed E-state index contributed by atoms with van der Waals surface area (Å²) < 4.78 is 10.8. The minimum Gasteiger partial charge on any atom is -0.459 e. The molecule has 5 nitrogen and oxygen atoms in total. The number of amides is 1. The lowest BCUT2D eigenvalue weighted by atomic mass is 9.94. The van der Waals surface area contributed by atoms with Crippen LogP contribution in [0.25, 0.3) is 0 Å². The highest BCUT2D eigenvalue weighted by atomic mass is 35.5. The van der Waals surface area contributed by atoms with Crippen LogP contribution in [0, 0.1) is 13.8 Å². The Bertz CT molecular complexity index is 1040. The first-order valence-corrected chi connectivity index (χ1v) is 11.2. The maximum Gasteiger partial charge on any atom is 0.291 e. The normalized spacial score (nSPS) is 15.9. The third-order valence-corrected chi connectivity index (χ3v) is 7.23. The number of rotatable bonds is 5. The summed E-state index contributed by atoms with van der Waals surface area (Å²) in [6, 6.07) is 9.00. The van der Waals surface area contributed by atoms with Gasteiger partial charge in [-0.05, 0) is 49.2 Å². The molecule has 1 N–H and O–H groups in total. The molecule has 1 aromatic carbocycles. The Morgan fingerprint density at radius 2 is 1.93 bits per heavy atom. The van der Waals surface area contributed by atoms with E-state index in [9.17, 15) is 4.79 Å². The van der Waals surface area contributed by atoms with Gasteiger partial charge in [-0.2, -0.15) is 0 Å². The standard InChI is InChI=1S/C22H22Cl2N2O3S/c1-13-14(2)30-22(25-21(27)18-4-3-9-29-18)19(13)20(26-7-10-28-11-8-26)15-5-6-16(23)17(24)12-15/h3-6,9,12,20H,7-8,10-11H2,1-2H3,(H,25,27)/t20-/m1/s1. The van der Waals surface area contributed by atoms with Crippen molar-refractivity contribution in [3.05, 3.63) is 74.0 Å². The van der Waals surface area contributed by atoms with Crippen molar-refractivity contribution in [1.82, 2.24) is 4.90 Å². The lowest BCUT2D eigenvalue weighted by molar-refractivity contribution is 0.0240. The molecule has 1 fully saturated rings. The van der Waals surface area contributed by atoms with Crippen LogP contribution in [0.4, 0.5) is 5.00 Å². The van der Waals surface area contributed by atoms with Crippen LogP contribution >= 0.6 is 34.5 Å². The predicted octanol–water partition coefficient (Wildman–Crippen LogP) is 5.94. The highest BCUT2D eigenvalue weighted by molar-refractivity contribution is 7.16. The molecular weight excluding hydrogens is 443 g/mol. The second-order valence-corrected chi connectivity index (χ2v) is 9.22. The molecule has 1 atom stereocenters. The van der Waals surface area contributed by atoms with Gasteiger partial charge in [-0.15, -0.1) is 11.3 Å². The van der Waals surface area contributed by atoms with E-state index in [1.165, 1.54) is 6.26 Å². The predicted molar refractivity (Wildman–Crippen MR) is 121 cm³/mol. The Balaban J connectivity index is 1.79. The van der Waals surface area contributed by atoms with E-state index in [2.05, 4.69) is 24.1 Å². The summed E-state index contributed by atoms with van der Waals surface area (Å²) in [5.41, 5.74) is 3.25. The molecule has 0 unspecified atom stereocenters. The topological polar surface area (TPSA) is 54.7 Å². The van der Waals surface area contributed by atoms with E-state index in [0.29, 0.717) is 23.3 Å². The zero-order valence-corrected chi connectivity index (χ0v) is 19.0. The van der Waals surface area contributed by atoms with E-state index < -0.39 is 0 Å². The lowest BCUT2D eigenvalue weighted by Crippen LogP contribution is -2.40. The molecule has 0 aliphatic carbocycles. The van der Waals surface area contributed by atoms with E-state index in [0.717, 1.165) is 39.7 Å². The number of ether oxygens (including phenoxy) is 1. The van der Waals surface area contributed by atoms with Gasteiger partial charge in [0.05, 0.1) is 35.6 Å². The van der Waals surface area contributed by atoms with Crippen molar-refractivity contribution in [2.75, 3.05) is 31.6 Å². The lowest BCUT2D eigenvalue weighted by Gasteiger charge is -2.35. The van der Waals surface area contributed by atoms with Gasteiger partial charge < -0.3 is 14.5 Å². The van der Waals surface area contributed by atoms with Gasteiger partial charge in [-0.25, -0.2) is 0 Å². The van der Waals surface area contributed by atoms with Crippen molar-refractivity contribution >= 4 is 45.4 Å². The highest BCUT2D eigenvalue weighted by Gasteiger charge is 2.31. The third-order valence-electron chi connectivity index (χ3n) is 5.35. The highest BCUT2D eigenvalue weighted by Crippen LogP contribution is 2.43. The van der Waals surface area contributed by atoms with Crippen LogP contribution in [0.5, 0.6) is 0 Å². The molecule has 0 bridgehead atoms. The summed E-state index contributed by atoms with van der Waals surface area (Å²) in [4.78, 5) is 16.2. The van der Waals surface area contributed by atoms with Gasteiger partial charge in [0.25, 0.3) is 5.91 Å². The van der Waals surface area contributed by atoms with Gasteiger partial charge in [-0.3, -0.25) is 9.69 Å². The molecule has 3 aromatic rings. The van der Waals surface area contributed by atoms with Gasteiger partial charge in [0.1, 0.15) is 5.00 Å². The number of hydrogen-bond donors (Lipinski definition) is 1. The first-order valence-electron chi connectivity index (χ1n) is 9.67. The van der Waals surface area contributed by atoms with E-state index in [4.69, 9.17) is 32.4 Å².